The van der Waals surface area contributed by atoms with Crippen molar-refractivity contribution < 1.29 is 24.1 Å². The summed E-state index contributed by atoms with van der Waals surface area (Å²) in [5.74, 6) is 0.155. The molecule has 0 bridgehead atoms. The van der Waals surface area contributed by atoms with Gasteiger partial charge in [0.05, 0.1) is 6.42 Å². The highest BCUT2D eigenvalue weighted by molar-refractivity contribution is 6.30. The van der Waals surface area contributed by atoms with Crippen LogP contribution in [-0.2, 0) is 20.9 Å². The highest BCUT2D eigenvalue weighted by Crippen LogP contribution is 2.35. The van der Waals surface area contributed by atoms with Crippen LogP contribution in [0.3, 0.4) is 0 Å². The summed E-state index contributed by atoms with van der Waals surface area (Å²) in [6, 6.07) is 14.8. The highest BCUT2D eigenvalue weighted by atomic mass is 35.5. The summed E-state index contributed by atoms with van der Waals surface area (Å²) in [6.07, 6.45) is -0.375. The Kier molecular flexibility index (Phi) is 6.77. The van der Waals surface area contributed by atoms with Gasteiger partial charge in [0, 0.05) is 17.2 Å². The minimum Gasteiger partial charge on any atom is -0.489 e. The Morgan fingerprint density at radius 3 is 2.45 bits per heavy atom. The van der Waals surface area contributed by atoms with Crippen molar-refractivity contribution in [3.05, 3.63) is 64.7 Å². The second kappa shape index (κ2) is 9.29. The molecule has 2 atom stereocenters. The lowest BCUT2D eigenvalue weighted by atomic mass is 9.92. The molecule has 2 aromatic rings. The van der Waals surface area contributed by atoms with E-state index in [1.807, 2.05) is 62.4 Å². The lowest BCUT2D eigenvalue weighted by Crippen LogP contribution is -2.41. The summed E-state index contributed by atoms with van der Waals surface area (Å²) < 4.78 is 17.3. The van der Waals surface area contributed by atoms with Crippen LogP contribution in [0.15, 0.2) is 53.5 Å². The molecule has 1 aliphatic heterocycles. The molecule has 0 fully saturated rings. The lowest BCUT2D eigenvalue weighted by Gasteiger charge is -2.28. The molecule has 3 rings (SSSR count). The second-order valence-corrected chi connectivity index (χ2v) is 7.23. The Balaban J connectivity index is 1.72. The van der Waals surface area contributed by atoms with Crippen LogP contribution < -0.4 is 4.74 Å². The van der Waals surface area contributed by atoms with Crippen molar-refractivity contribution in [1.29, 1.82) is 0 Å². The third-order valence-corrected chi connectivity index (χ3v) is 5.04. The number of ether oxygens (including phenoxy) is 3. The first kappa shape index (κ1) is 21.1. The molecule has 0 amide bonds. The maximum atomic E-state index is 11.4. The molecule has 1 N–H and O–H groups in total. The van der Waals surface area contributed by atoms with Gasteiger partial charge in [0.25, 0.3) is 0 Å². The predicted molar refractivity (Wildman–Crippen MR) is 111 cm³/mol. The molecule has 0 saturated heterocycles. The lowest BCUT2D eigenvalue weighted by molar-refractivity contribution is -0.147. The number of carboxylic acids is 1. The molecule has 29 heavy (non-hydrogen) atoms. The van der Waals surface area contributed by atoms with E-state index >= 15 is 0 Å². The molecule has 2 unspecified atom stereocenters. The summed E-state index contributed by atoms with van der Waals surface area (Å²) in [5, 5.41) is 10.0. The van der Waals surface area contributed by atoms with Gasteiger partial charge in [0.2, 0.25) is 12.2 Å². The number of carbonyl (C=O) groups is 1. The molecule has 1 heterocycles. The van der Waals surface area contributed by atoms with Gasteiger partial charge in [-0.15, -0.1) is 0 Å². The van der Waals surface area contributed by atoms with Crippen LogP contribution in [0.2, 0.25) is 5.02 Å². The van der Waals surface area contributed by atoms with E-state index < -0.39 is 17.8 Å². The molecule has 0 aliphatic carbocycles. The SMILES string of the molecule is CCOC1OC(c2ccc(OCc3ccc(Cl)cc3)cc2)=NC1(CC)CC(=O)O. The zero-order chi connectivity index (χ0) is 20.9. The minimum atomic E-state index is -0.934. The van der Waals surface area contributed by atoms with E-state index in [9.17, 15) is 9.90 Å². The van der Waals surface area contributed by atoms with Gasteiger partial charge in [-0.05, 0) is 55.3 Å². The molecule has 1 aliphatic rings. The van der Waals surface area contributed by atoms with Crippen LogP contribution in [0.25, 0.3) is 0 Å². The molecule has 0 aromatic heterocycles. The third kappa shape index (κ3) is 5.08. The molecule has 6 nitrogen and oxygen atoms in total. The Hall–Kier alpha value is -2.57. The van der Waals surface area contributed by atoms with Gasteiger partial charge in [0.1, 0.15) is 17.9 Å². The van der Waals surface area contributed by atoms with Crippen LogP contribution in [0.4, 0.5) is 0 Å². The van der Waals surface area contributed by atoms with Crippen LogP contribution >= 0.6 is 11.6 Å². The summed E-state index contributed by atoms with van der Waals surface area (Å²) in [5.41, 5.74) is 0.832. The van der Waals surface area contributed by atoms with Gasteiger partial charge in [-0.25, -0.2) is 4.99 Å². The third-order valence-electron chi connectivity index (χ3n) is 4.79. The molecule has 154 valence electrons. The fraction of sp³-hybridized carbons (Fsp3) is 0.364. The van der Waals surface area contributed by atoms with Crippen molar-refractivity contribution in [3.63, 3.8) is 0 Å². The number of carboxylic acid groups (broad SMARTS) is 1. The number of hydrogen-bond acceptors (Lipinski definition) is 5. The minimum absolute atomic E-state index is 0.153. The van der Waals surface area contributed by atoms with E-state index in [4.69, 9.17) is 25.8 Å². The Morgan fingerprint density at radius 1 is 1.17 bits per heavy atom. The summed E-state index contributed by atoms with van der Waals surface area (Å²) in [4.78, 5) is 16.0. The van der Waals surface area contributed by atoms with Gasteiger partial charge in [-0.1, -0.05) is 30.7 Å². The van der Waals surface area contributed by atoms with E-state index in [2.05, 4.69) is 4.99 Å². The number of halogens is 1. The van der Waals surface area contributed by atoms with E-state index in [0.717, 1.165) is 11.1 Å². The van der Waals surface area contributed by atoms with Gasteiger partial charge in [-0.3, -0.25) is 4.79 Å². The number of rotatable bonds is 9. The van der Waals surface area contributed by atoms with Gasteiger partial charge < -0.3 is 19.3 Å². The van der Waals surface area contributed by atoms with Crippen LogP contribution in [0.1, 0.15) is 37.8 Å². The molecule has 0 spiro atoms. The molecular formula is C22H24ClNO5. The van der Waals surface area contributed by atoms with E-state index in [-0.39, 0.29) is 6.42 Å². The first-order chi connectivity index (χ1) is 14.0. The van der Waals surface area contributed by atoms with Crippen molar-refractivity contribution in [3.8, 4) is 5.75 Å². The van der Waals surface area contributed by atoms with Crippen molar-refractivity contribution in [2.75, 3.05) is 6.61 Å². The van der Waals surface area contributed by atoms with Crippen LogP contribution in [0.5, 0.6) is 5.75 Å². The first-order valence-electron chi connectivity index (χ1n) is 9.53. The number of nitrogens with zero attached hydrogens (tertiary/aromatic N) is 1. The van der Waals surface area contributed by atoms with Gasteiger partial charge >= 0.3 is 5.97 Å². The van der Waals surface area contributed by atoms with Crippen molar-refractivity contribution in [1.82, 2.24) is 0 Å². The zero-order valence-corrected chi connectivity index (χ0v) is 17.2. The van der Waals surface area contributed by atoms with Crippen molar-refractivity contribution >= 4 is 23.5 Å². The summed E-state index contributed by atoms with van der Waals surface area (Å²) >= 11 is 5.89. The van der Waals surface area contributed by atoms with E-state index in [1.54, 1.807) is 0 Å². The average molecular weight is 418 g/mol. The summed E-state index contributed by atoms with van der Waals surface area (Å²) in [6.45, 7) is 4.57. The fourth-order valence-electron chi connectivity index (χ4n) is 3.16. The van der Waals surface area contributed by atoms with E-state index in [0.29, 0.717) is 36.3 Å². The second-order valence-electron chi connectivity index (χ2n) is 6.79. The smallest absolute Gasteiger partial charge is 0.306 e. The van der Waals surface area contributed by atoms with Crippen molar-refractivity contribution in [2.24, 2.45) is 4.99 Å². The largest absolute Gasteiger partial charge is 0.489 e. The van der Waals surface area contributed by atoms with Gasteiger partial charge in [0.15, 0.2) is 0 Å². The molecule has 7 heteroatoms. The topological polar surface area (TPSA) is 77.3 Å². The molecule has 0 saturated carbocycles. The summed E-state index contributed by atoms with van der Waals surface area (Å²) in [7, 11) is 0. The highest BCUT2D eigenvalue weighted by Gasteiger charge is 2.47. The standard InChI is InChI=1S/C22H24ClNO5/c1-3-22(13-19(25)26)21(27-4-2)29-20(24-22)16-7-11-18(12-8-16)28-14-15-5-9-17(23)10-6-15/h5-12,21H,3-4,13-14H2,1-2H3,(H,25,26). The number of benzene rings is 2. The average Bonchev–Trinajstić information content (AvgIpc) is 3.06. The normalized spacial score (nSPS) is 20.8. The number of aliphatic carboxylic acids is 1. The Bertz CT molecular complexity index is 866. The molecular weight excluding hydrogens is 394 g/mol. The molecule has 2 aromatic carbocycles. The maximum Gasteiger partial charge on any atom is 0.306 e. The maximum absolute atomic E-state index is 11.4. The van der Waals surface area contributed by atoms with Crippen LogP contribution in [-0.4, -0.2) is 35.4 Å². The van der Waals surface area contributed by atoms with Gasteiger partial charge in [-0.2, -0.15) is 0 Å². The molecule has 0 radical (unpaired) electrons. The van der Waals surface area contributed by atoms with Crippen molar-refractivity contribution in [2.45, 2.75) is 45.1 Å². The Morgan fingerprint density at radius 2 is 1.86 bits per heavy atom. The fourth-order valence-corrected chi connectivity index (χ4v) is 3.29. The monoisotopic (exact) mass is 417 g/mol. The van der Waals surface area contributed by atoms with E-state index in [1.165, 1.54) is 0 Å². The Labute approximate surface area is 175 Å². The zero-order valence-electron chi connectivity index (χ0n) is 16.4. The number of hydrogen-bond donors (Lipinski definition) is 1. The number of aliphatic imine (C=N–C) groups is 1. The van der Waals surface area contributed by atoms with Crippen LogP contribution in [0, 0.1) is 0 Å². The quantitative estimate of drug-likeness (QED) is 0.640. The predicted octanol–water partition coefficient (Wildman–Crippen LogP) is 4.68. The first-order valence-corrected chi connectivity index (χ1v) is 9.91.